The van der Waals surface area contributed by atoms with Gasteiger partial charge in [-0.25, -0.2) is 0 Å². The SMILES string of the molecule is CC/C=C\C/C=C\C/C=C\CCCCCCC(=O)OC(COC(=O)CCCCCCC\C=C/C=C\C=C/CCCCCCC)COC(=O)CCCCCCC/C=C\CCCCC. The summed E-state index contributed by atoms with van der Waals surface area (Å²) < 4.78 is 16.7. The Morgan fingerprint density at radius 1 is 0.355 bits per heavy atom. The minimum atomic E-state index is -0.800. The van der Waals surface area contributed by atoms with Crippen LogP contribution in [-0.2, 0) is 28.6 Å². The van der Waals surface area contributed by atoms with Gasteiger partial charge in [-0.2, -0.15) is 0 Å². The van der Waals surface area contributed by atoms with E-state index in [1.54, 1.807) is 0 Å². The number of allylic oxidation sites excluding steroid dienone is 14. The summed E-state index contributed by atoms with van der Waals surface area (Å²) in [5.74, 6) is -0.951. The average molecular weight is 863 g/mol. The molecule has 0 aromatic rings. The second-order valence-electron chi connectivity index (χ2n) is 16.7. The van der Waals surface area contributed by atoms with E-state index < -0.39 is 6.10 Å². The number of carbonyl (C=O) groups excluding carboxylic acids is 3. The first-order valence-corrected chi connectivity index (χ1v) is 25.6. The predicted octanol–water partition coefficient (Wildman–Crippen LogP) is 16.8. The van der Waals surface area contributed by atoms with Crippen LogP contribution in [0.5, 0.6) is 0 Å². The summed E-state index contributed by atoms with van der Waals surface area (Å²) in [6.07, 6.45) is 64.2. The van der Waals surface area contributed by atoms with E-state index in [2.05, 4.69) is 106 Å². The molecule has 0 rings (SSSR count). The molecular formula is C56H94O6. The molecule has 0 amide bonds. The van der Waals surface area contributed by atoms with Gasteiger partial charge in [0.05, 0.1) is 0 Å². The van der Waals surface area contributed by atoms with Crippen molar-refractivity contribution in [3.05, 3.63) is 85.1 Å². The Balaban J connectivity index is 4.46. The summed E-state index contributed by atoms with van der Waals surface area (Å²) in [4.78, 5) is 37.9. The normalized spacial score (nSPS) is 12.8. The first-order valence-electron chi connectivity index (χ1n) is 25.6. The van der Waals surface area contributed by atoms with Gasteiger partial charge >= 0.3 is 17.9 Å². The van der Waals surface area contributed by atoms with E-state index in [-0.39, 0.29) is 31.1 Å². The summed E-state index contributed by atoms with van der Waals surface area (Å²) in [7, 11) is 0. The van der Waals surface area contributed by atoms with E-state index in [0.717, 1.165) is 128 Å². The monoisotopic (exact) mass is 863 g/mol. The zero-order valence-corrected chi connectivity index (χ0v) is 40.4. The van der Waals surface area contributed by atoms with Gasteiger partial charge in [0, 0.05) is 19.3 Å². The number of carbonyl (C=O) groups is 3. The second-order valence-corrected chi connectivity index (χ2v) is 16.7. The molecule has 1 atom stereocenters. The van der Waals surface area contributed by atoms with Gasteiger partial charge in [0.1, 0.15) is 13.2 Å². The fourth-order valence-electron chi connectivity index (χ4n) is 6.80. The zero-order valence-electron chi connectivity index (χ0n) is 40.4. The van der Waals surface area contributed by atoms with Crippen LogP contribution in [0.2, 0.25) is 0 Å². The van der Waals surface area contributed by atoms with Crippen molar-refractivity contribution in [1.82, 2.24) is 0 Å². The molecule has 6 nitrogen and oxygen atoms in total. The van der Waals surface area contributed by atoms with Crippen LogP contribution in [-0.4, -0.2) is 37.2 Å². The molecule has 0 aromatic heterocycles. The lowest BCUT2D eigenvalue weighted by molar-refractivity contribution is -0.167. The molecule has 0 bridgehead atoms. The van der Waals surface area contributed by atoms with Gasteiger partial charge in [-0.15, -0.1) is 0 Å². The van der Waals surface area contributed by atoms with Crippen molar-refractivity contribution in [2.45, 2.75) is 239 Å². The molecule has 0 spiro atoms. The highest BCUT2D eigenvalue weighted by molar-refractivity contribution is 5.71. The van der Waals surface area contributed by atoms with Gasteiger partial charge in [-0.1, -0.05) is 196 Å². The number of hydrogen-bond acceptors (Lipinski definition) is 6. The van der Waals surface area contributed by atoms with E-state index in [4.69, 9.17) is 14.2 Å². The minimum Gasteiger partial charge on any atom is -0.462 e. The Morgan fingerprint density at radius 2 is 0.694 bits per heavy atom. The Kier molecular flexibility index (Phi) is 47.5. The molecule has 0 heterocycles. The number of ether oxygens (including phenoxy) is 3. The molecule has 0 saturated carbocycles. The summed E-state index contributed by atoms with van der Waals surface area (Å²) in [6.45, 7) is 6.43. The van der Waals surface area contributed by atoms with Gasteiger partial charge in [0.2, 0.25) is 0 Å². The quantitative estimate of drug-likeness (QED) is 0.0199. The van der Waals surface area contributed by atoms with Gasteiger partial charge in [0.15, 0.2) is 6.10 Å². The largest absolute Gasteiger partial charge is 0.462 e. The number of hydrogen-bond donors (Lipinski definition) is 0. The minimum absolute atomic E-state index is 0.0977. The Morgan fingerprint density at radius 3 is 1.16 bits per heavy atom. The highest BCUT2D eigenvalue weighted by atomic mass is 16.6. The molecule has 0 saturated heterocycles. The van der Waals surface area contributed by atoms with Crippen LogP contribution in [0.15, 0.2) is 85.1 Å². The van der Waals surface area contributed by atoms with E-state index in [1.165, 1.54) is 64.2 Å². The lowest BCUT2D eigenvalue weighted by Gasteiger charge is -2.18. The molecule has 0 aliphatic heterocycles. The lowest BCUT2D eigenvalue weighted by Crippen LogP contribution is -2.30. The maximum Gasteiger partial charge on any atom is 0.306 e. The van der Waals surface area contributed by atoms with Crippen LogP contribution in [0.4, 0.5) is 0 Å². The second kappa shape index (κ2) is 50.2. The highest BCUT2D eigenvalue weighted by Crippen LogP contribution is 2.13. The van der Waals surface area contributed by atoms with Crippen LogP contribution in [0.25, 0.3) is 0 Å². The van der Waals surface area contributed by atoms with Crippen LogP contribution < -0.4 is 0 Å². The molecule has 0 aromatic carbocycles. The first kappa shape index (κ1) is 58.6. The van der Waals surface area contributed by atoms with Crippen molar-refractivity contribution in [2.24, 2.45) is 0 Å². The first-order chi connectivity index (χ1) is 30.5. The third-order valence-electron chi connectivity index (χ3n) is 10.7. The van der Waals surface area contributed by atoms with Gasteiger partial charge < -0.3 is 14.2 Å². The summed E-state index contributed by atoms with van der Waals surface area (Å²) in [5.41, 5.74) is 0. The standard InChI is InChI=1S/C56H94O6/c1-4-7-10-13-16-19-22-25-27-28-29-30-32-34-37-40-43-46-49-55(58)61-52-53(51-60-54(57)48-45-42-39-36-33-24-21-18-15-12-9-6-3)62-56(59)50-47-44-41-38-35-31-26-23-20-17-14-11-8-5-2/h8,11,17-18,20-22,25-31,53H,4-7,9-10,12-16,19,23-24,32-52H2,1-3H3/b11-8-,20-17-,21-18-,25-22-,28-27-,30-29-,31-26-. The smallest absolute Gasteiger partial charge is 0.306 e. The topological polar surface area (TPSA) is 78.9 Å². The molecule has 0 radical (unpaired) electrons. The van der Waals surface area contributed by atoms with Gasteiger partial charge in [-0.3, -0.25) is 14.4 Å². The molecular weight excluding hydrogens is 769 g/mol. The van der Waals surface area contributed by atoms with Crippen LogP contribution in [0, 0.1) is 0 Å². The Labute approximate surface area is 382 Å². The van der Waals surface area contributed by atoms with Gasteiger partial charge in [-0.05, 0) is 103 Å². The number of unbranched alkanes of at least 4 members (excludes halogenated alkanes) is 22. The molecule has 0 fully saturated rings. The van der Waals surface area contributed by atoms with Crippen LogP contribution in [0.1, 0.15) is 233 Å². The van der Waals surface area contributed by atoms with Crippen LogP contribution in [0.3, 0.4) is 0 Å². The van der Waals surface area contributed by atoms with Crippen molar-refractivity contribution in [3.63, 3.8) is 0 Å². The summed E-state index contributed by atoms with van der Waals surface area (Å²) in [6, 6.07) is 0. The molecule has 6 heteroatoms. The molecule has 0 N–H and O–H groups in total. The van der Waals surface area contributed by atoms with E-state index in [9.17, 15) is 14.4 Å². The maximum absolute atomic E-state index is 12.8. The fourth-order valence-corrected chi connectivity index (χ4v) is 6.80. The molecule has 1 unspecified atom stereocenters. The maximum atomic E-state index is 12.8. The van der Waals surface area contributed by atoms with Crippen molar-refractivity contribution in [2.75, 3.05) is 13.2 Å². The highest BCUT2D eigenvalue weighted by Gasteiger charge is 2.19. The molecule has 354 valence electrons. The summed E-state index contributed by atoms with van der Waals surface area (Å²) in [5, 5.41) is 0. The lowest BCUT2D eigenvalue weighted by atomic mass is 10.1. The number of rotatable bonds is 45. The number of esters is 3. The Hall–Kier alpha value is -3.41. The fraction of sp³-hybridized carbons (Fsp3) is 0.696. The van der Waals surface area contributed by atoms with Gasteiger partial charge in [0.25, 0.3) is 0 Å². The van der Waals surface area contributed by atoms with Crippen molar-refractivity contribution < 1.29 is 28.6 Å². The van der Waals surface area contributed by atoms with Crippen molar-refractivity contribution in [1.29, 1.82) is 0 Å². The third kappa shape index (κ3) is 47.6. The predicted molar refractivity (Wildman–Crippen MR) is 265 cm³/mol. The molecule has 0 aliphatic rings. The molecule has 0 aliphatic carbocycles. The zero-order chi connectivity index (χ0) is 45.1. The van der Waals surface area contributed by atoms with E-state index in [0.29, 0.717) is 19.3 Å². The third-order valence-corrected chi connectivity index (χ3v) is 10.7. The van der Waals surface area contributed by atoms with Crippen molar-refractivity contribution >= 4 is 17.9 Å². The Bertz CT molecular complexity index is 1220. The van der Waals surface area contributed by atoms with Crippen molar-refractivity contribution in [3.8, 4) is 0 Å². The molecule has 62 heavy (non-hydrogen) atoms. The van der Waals surface area contributed by atoms with E-state index in [1.807, 2.05) is 0 Å². The average Bonchev–Trinajstić information content (AvgIpc) is 3.27. The van der Waals surface area contributed by atoms with Crippen LogP contribution >= 0.6 is 0 Å². The summed E-state index contributed by atoms with van der Waals surface area (Å²) >= 11 is 0. The van der Waals surface area contributed by atoms with E-state index >= 15 is 0 Å².